The van der Waals surface area contributed by atoms with Crippen molar-refractivity contribution in [2.24, 2.45) is 23.7 Å². The first-order valence-corrected chi connectivity index (χ1v) is 13.8. The maximum absolute atomic E-state index is 4.48. The van der Waals surface area contributed by atoms with E-state index in [2.05, 4.69) is 89.4 Å². The van der Waals surface area contributed by atoms with Crippen LogP contribution in [0.3, 0.4) is 0 Å². The lowest BCUT2D eigenvalue weighted by Crippen LogP contribution is -2.23. The number of hydrogen-bond donors (Lipinski definition) is 0. The van der Waals surface area contributed by atoms with Crippen LogP contribution in [0.5, 0.6) is 0 Å². The van der Waals surface area contributed by atoms with E-state index in [-0.39, 0.29) is 0 Å². The second kappa shape index (κ2) is 9.81. The topological polar surface area (TPSA) is 0 Å². The van der Waals surface area contributed by atoms with Crippen molar-refractivity contribution in [3.63, 3.8) is 0 Å². The minimum Gasteiger partial charge on any atom is -0.0986 e. The van der Waals surface area contributed by atoms with Gasteiger partial charge in [0.15, 0.2) is 0 Å². The van der Waals surface area contributed by atoms with Gasteiger partial charge in [-0.1, -0.05) is 124 Å². The number of hydrogen-bond acceptors (Lipinski definition) is 0. The molecule has 0 heteroatoms. The highest BCUT2D eigenvalue weighted by Crippen LogP contribution is 2.45. The number of allylic oxidation sites excluding steroid dienone is 5. The maximum atomic E-state index is 4.48. The Hall–Kier alpha value is -2.60. The number of fused-ring (bicyclic) bond motifs is 1. The Morgan fingerprint density at radius 1 is 1.00 bits per heavy atom. The fraction of sp³-hybridized carbons (Fsp3) is 0.429. The maximum Gasteiger partial charge on any atom is 0.0108 e. The molecule has 0 N–H and O–H groups in total. The third-order valence-electron chi connectivity index (χ3n) is 9.13. The van der Waals surface area contributed by atoms with E-state index >= 15 is 0 Å². The van der Waals surface area contributed by atoms with Gasteiger partial charge in [0.25, 0.3) is 0 Å². The van der Waals surface area contributed by atoms with Crippen LogP contribution < -0.4 is 0 Å². The molecular formula is C35H42. The van der Waals surface area contributed by atoms with Gasteiger partial charge in [-0.05, 0) is 83.4 Å². The van der Waals surface area contributed by atoms with Crippen LogP contribution >= 0.6 is 0 Å². The van der Waals surface area contributed by atoms with E-state index in [1.807, 2.05) is 0 Å². The molecule has 1 fully saturated rings. The summed E-state index contributed by atoms with van der Waals surface area (Å²) in [5, 5.41) is 0. The summed E-state index contributed by atoms with van der Waals surface area (Å²) in [6.45, 7) is 18.1. The van der Waals surface area contributed by atoms with Crippen molar-refractivity contribution in [2.75, 3.05) is 0 Å². The highest BCUT2D eigenvalue weighted by atomic mass is 14.4. The van der Waals surface area contributed by atoms with Gasteiger partial charge in [-0.25, -0.2) is 0 Å². The van der Waals surface area contributed by atoms with E-state index in [1.165, 1.54) is 88.6 Å². The normalized spacial score (nSPS) is 23.4. The Balaban J connectivity index is 1.48. The molecule has 0 nitrogen and oxygen atoms in total. The predicted molar refractivity (Wildman–Crippen MR) is 153 cm³/mol. The van der Waals surface area contributed by atoms with Crippen molar-refractivity contribution in [3.05, 3.63) is 100 Å². The Morgan fingerprint density at radius 3 is 2.54 bits per heavy atom. The molecule has 3 atom stereocenters. The quantitative estimate of drug-likeness (QED) is 0.388. The van der Waals surface area contributed by atoms with E-state index in [4.69, 9.17) is 0 Å². The van der Waals surface area contributed by atoms with Crippen molar-refractivity contribution in [1.29, 1.82) is 0 Å². The van der Waals surface area contributed by atoms with Crippen LogP contribution in [0, 0.1) is 37.5 Å². The molecule has 1 saturated carbocycles. The number of rotatable bonds is 5. The number of benzene rings is 2. The zero-order valence-electron chi connectivity index (χ0n) is 22.3. The molecule has 3 aliphatic rings. The Kier molecular flexibility index (Phi) is 6.75. The lowest BCUT2D eigenvalue weighted by atomic mass is 9.71. The monoisotopic (exact) mass is 462 g/mol. The summed E-state index contributed by atoms with van der Waals surface area (Å²) in [5.74, 6) is 2.02. The lowest BCUT2D eigenvalue weighted by Gasteiger charge is -2.33. The summed E-state index contributed by atoms with van der Waals surface area (Å²) in [6.07, 6.45) is 16.2. The minimum atomic E-state index is 0.335. The summed E-state index contributed by atoms with van der Waals surface area (Å²) in [6, 6.07) is 11.8. The second-order valence-electron chi connectivity index (χ2n) is 11.6. The average Bonchev–Trinajstić information content (AvgIpc) is 3.28. The summed E-state index contributed by atoms with van der Waals surface area (Å²) >= 11 is 0. The standard InChI is InChI=1S/C35H42/c1-22-17-25(4)32(19-28-11-8-7-9-12-28)34(18-22)31-14-10-13-29-20-30(21-33(29)31)27(6)35-24(3)16-15-23(2)26(35)5/h10,13-18,20,23,27-28,35H,3,5,7-9,11-12,19,21H2,1-2,4,6H3/t23?,27-,35?/m0/s1. The van der Waals surface area contributed by atoms with E-state index in [9.17, 15) is 0 Å². The minimum absolute atomic E-state index is 0.335. The summed E-state index contributed by atoms with van der Waals surface area (Å²) in [5.41, 5.74) is 14.3. The van der Waals surface area contributed by atoms with Gasteiger partial charge in [-0.15, -0.1) is 0 Å². The molecule has 2 aromatic carbocycles. The first-order chi connectivity index (χ1) is 16.8. The third-order valence-corrected chi connectivity index (χ3v) is 9.13. The third kappa shape index (κ3) is 4.65. The molecule has 0 spiro atoms. The molecule has 0 aromatic heterocycles. The molecule has 0 aliphatic heterocycles. The molecule has 0 saturated heterocycles. The van der Waals surface area contributed by atoms with E-state index in [0.29, 0.717) is 17.8 Å². The Labute approximate surface area is 213 Å². The van der Waals surface area contributed by atoms with E-state index in [1.54, 1.807) is 5.56 Å². The lowest BCUT2D eigenvalue weighted by molar-refractivity contribution is 0.356. The number of aryl methyl sites for hydroxylation is 2. The van der Waals surface area contributed by atoms with Crippen LogP contribution in [-0.2, 0) is 12.8 Å². The van der Waals surface area contributed by atoms with Gasteiger partial charge in [0.1, 0.15) is 0 Å². The van der Waals surface area contributed by atoms with Crippen LogP contribution in [0.15, 0.2) is 72.4 Å². The summed E-state index contributed by atoms with van der Waals surface area (Å²) < 4.78 is 0. The highest BCUT2D eigenvalue weighted by molar-refractivity contribution is 5.80. The smallest absolute Gasteiger partial charge is 0.0108 e. The van der Waals surface area contributed by atoms with Gasteiger partial charge in [-0.2, -0.15) is 0 Å². The van der Waals surface area contributed by atoms with Gasteiger partial charge >= 0.3 is 0 Å². The van der Waals surface area contributed by atoms with Crippen molar-refractivity contribution in [2.45, 2.75) is 72.6 Å². The molecule has 2 unspecified atom stereocenters. The van der Waals surface area contributed by atoms with Crippen molar-refractivity contribution >= 4 is 6.08 Å². The van der Waals surface area contributed by atoms with Crippen molar-refractivity contribution in [1.82, 2.24) is 0 Å². The Bertz CT molecular complexity index is 1210. The fourth-order valence-corrected chi connectivity index (χ4v) is 7.00. The van der Waals surface area contributed by atoms with Crippen LogP contribution in [0.2, 0.25) is 0 Å². The molecule has 2 aromatic rings. The van der Waals surface area contributed by atoms with Crippen LogP contribution in [0.4, 0.5) is 0 Å². The molecule has 5 rings (SSSR count). The highest BCUT2D eigenvalue weighted by Gasteiger charge is 2.32. The van der Waals surface area contributed by atoms with Crippen molar-refractivity contribution in [3.8, 4) is 11.1 Å². The summed E-state index contributed by atoms with van der Waals surface area (Å²) in [7, 11) is 0. The van der Waals surface area contributed by atoms with Crippen LogP contribution in [0.1, 0.15) is 73.8 Å². The Morgan fingerprint density at radius 2 is 1.77 bits per heavy atom. The SMILES string of the molecule is C=C1C=CC(C)C(=C)C1[C@@H](C)C1=Cc2cccc(-c3cc(C)cc(C)c3CC3CCCCC3)c2C1. The van der Waals surface area contributed by atoms with Gasteiger partial charge < -0.3 is 0 Å². The first-order valence-electron chi connectivity index (χ1n) is 13.8. The van der Waals surface area contributed by atoms with Crippen LogP contribution in [-0.4, -0.2) is 0 Å². The molecule has 0 amide bonds. The zero-order valence-corrected chi connectivity index (χ0v) is 22.3. The van der Waals surface area contributed by atoms with Gasteiger partial charge in [0.2, 0.25) is 0 Å². The largest absolute Gasteiger partial charge is 0.0986 e. The van der Waals surface area contributed by atoms with Gasteiger partial charge in [-0.3, -0.25) is 0 Å². The predicted octanol–water partition coefficient (Wildman–Crippen LogP) is 9.60. The van der Waals surface area contributed by atoms with Crippen molar-refractivity contribution < 1.29 is 0 Å². The average molecular weight is 463 g/mol. The molecule has 0 radical (unpaired) electrons. The van der Waals surface area contributed by atoms with E-state index < -0.39 is 0 Å². The molecule has 35 heavy (non-hydrogen) atoms. The molecule has 182 valence electrons. The second-order valence-corrected chi connectivity index (χ2v) is 11.6. The van der Waals surface area contributed by atoms with Gasteiger partial charge in [0.05, 0.1) is 0 Å². The fourth-order valence-electron chi connectivity index (χ4n) is 7.00. The molecule has 0 bridgehead atoms. The first kappa shape index (κ1) is 24.1. The molecular weight excluding hydrogens is 420 g/mol. The van der Waals surface area contributed by atoms with Gasteiger partial charge in [0, 0.05) is 5.92 Å². The van der Waals surface area contributed by atoms with E-state index in [0.717, 1.165) is 12.3 Å². The van der Waals surface area contributed by atoms with Crippen LogP contribution in [0.25, 0.3) is 17.2 Å². The summed E-state index contributed by atoms with van der Waals surface area (Å²) in [4.78, 5) is 0. The molecule has 3 aliphatic carbocycles. The zero-order chi connectivity index (χ0) is 24.7. The molecule has 0 heterocycles.